The molecule has 1 aromatic carbocycles. The van der Waals surface area contributed by atoms with Gasteiger partial charge < -0.3 is 14.7 Å². The number of likely N-dealkylation sites (tertiary alicyclic amines) is 1. The number of hydrogen-bond donors (Lipinski definition) is 1. The number of aliphatic carboxylic acids is 1. The number of alkyl halides is 3. The van der Waals surface area contributed by atoms with Crippen LogP contribution < -0.4 is 4.74 Å². The lowest BCUT2D eigenvalue weighted by atomic mass is 9.99. The Bertz CT molecular complexity index is 562. The van der Waals surface area contributed by atoms with E-state index >= 15 is 0 Å². The minimum Gasteiger partial charge on any atom is -0.493 e. The van der Waals surface area contributed by atoms with E-state index in [9.17, 15) is 18.0 Å². The number of para-hydroxylation sites is 1. The Morgan fingerprint density at radius 3 is 2.62 bits per heavy atom. The van der Waals surface area contributed by atoms with Crippen molar-refractivity contribution in [1.29, 1.82) is 0 Å². The summed E-state index contributed by atoms with van der Waals surface area (Å²) in [6.45, 7) is 4.15. The largest absolute Gasteiger partial charge is 0.493 e. The van der Waals surface area contributed by atoms with Crippen LogP contribution in [0.3, 0.4) is 0 Å². The molecule has 0 saturated carbocycles. The molecule has 0 aromatic heterocycles. The molecule has 1 aliphatic heterocycles. The molecule has 24 heavy (non-hydrogen) atoms. The van der Waals surface area contributed by atoms with Gasteiger partial charge in [-0.3, -0.25) is 4.79 Å². The third kappa shape index (κ3) is 4.87. The van der Waals surface area contributed by atoms with Crippen LogP contribution in [0.4, 0.5) is 13.2 Å². The summed E-state index contributed by atoms with van der Waals surface area (Å²) in [5, 5.41) is 9.09. The van der Waals surface area contributed by atoms with Gasteiger partial charge in [-0.15, -0.1) is 0 Å². The van der Waals surface area contributed by atoms with Gasteiger partial charge >= 0.3 is 12.1 Å². The average molecular weight is 345 g/mol. The quantitative estimate of drug-likeness (QED) is 0.768. The first-order valence-corrected chi connectivity index (χ1v) is 8.03. The monoisotopic (exact) mass is 345 g/mol. The number of carboxylic acids is 1. The predicted molar refractivity (Wildman–Crippen MR) is 82.9 cm³/mol. The van der Waals surface area contributed by atoms with Crippen molar-refractivity contribution in [2.75, 3.05) is 26.2 Å². The number of hydrogen-bond acceptors (Lipinski definition) is 3. The molecule has 1 fully saturated rings. The van der Waals surface area contributed by atoms with E-state index in [0.29, 0.717) is 13.0 Å². The molecule has 1 aromatic rings. The van der Waals surface area contributed by atoms with Gasteiger partial charge in [-0.2, -0.15) is 13.2 Å². The van der Waals surface area contributed by atoms with E-state index in [-0.39, 0.29) is 24.2 Å². The summed E-state index contributed by atoms with van der Waals surface area (Å²) in [6, 6.07) is 5.18. The van der Waals surface area contributed by atoms with E-state index < -0.39 is 17.7 Å². The van der Waals surface area contributed by atoms with Crippen LogP contribution in [-0.4, -0.2) is 42.2 Å². The normalized spacial score (nSPS) is 21.8. The number of ether oxygens (including phenoxy) is 1. The zero-order chi connectivity index (χ0) is 17.7. The number of unbranched alkanes of at least 4 members (excludes halogenated alkanes) is 1. The highest BCUT2D eigenvalue weighted by Gasteiger charge is 2.35. The number of carbonyl (C=O) groups is 1. The fraction of sp³-hybridized carbons (Fsp3) is 0.588. The SMILES string of the molecule is C[C@@H]1CN(CCCCOc2ccccc2C(F)(F)F)C[C@H]1C(=O)O. The third-order valence-corrected chi connectivity index (χ3v) is 4.32. The molecule has 0 bridgehead atoms. The lowest BCUT2D eigenvalue weighted by Gasteiger charge is -2.16. The zero-order valence-corrected chi connectivity index (χ0v) is 13.6. The summed E-state index contributed by atoms with van der Waals surface area (Å²) in [7, 11) is 0. The highest BCUT2D eigenvalue weighted by Crippen LogP contribution is 2.35. The van der Waals surface area contributed by atoms with Crippen LogP contribution in [0.2, 0.25) is 0 Å². The van der Waals surface area contributed by atoms with Crippen LogP contribution in [0.15, 0.2) is 24.3 Å². The molecule has 2 rings (SSSR count). The van der Waals surface area contributed by atoms with Crippen molar-refractivity contribution >= 4 is 5.97 Å². The molecular formula is C17H22F3NO3. The van der Waals surface area contributed by atoms with Crippen molar-refractivity contribution in [2.45, 2.75) is 25.9 Å². The van der Waals surface area contributed by atoms with Crippen LogP contribution in [0.25, 0.3) is 0 Å². The number of rotatable bonds is 7. The maximum atomic E-state index is 12.8. The Kier molecular flexibility index (Phi) is 6.10. The van der Waals surface area contributed by atoms with Crippen LogP contribution in [0, 0.1) is 11.8 Å². The first-order chi connectivity index (χ1) is 11.3. The first kappa shape index (κ1) is 18.6. The minimum atomic E-state index is -4.42. The molecule has 1 saturated heterocycles. The molecule has 134 valence electrons. The number of halogens is 3. The smallest absolute Gasteiger partial charge is 0.419 e. The van der Waals surface area contributed by atoms with Gasteiger partial charge in [0.15, 0.2) is 0 Å². The maximum Gasteiger partial charge on any atom is 0.419 e. The Labute approximate surface area is 139 Å². The predicted octanol–water partition coefficient (Wildman–Crippen LogP) is 3.52. The molecule has 1 heterocycles. The van der Waals surface area contributed by atoms with Gasteiger partial charge in [0.1, 0.15) is 5.75 Å². The molecule has 0 aliphatic carbocycles. The zero-order valence-electron chi connectivity index (χ0n) is 13.6. The average Bonchev–Trinajstić information content (AvgIpc) is 2.87. The highest BCUT2D eigenvalue weighted by molar-refractivity contribution is 5.71. The van der Waals surface area contributed by atoms with Gasteiger partial charge in [-0.1, -0.05) is 19.1 Å². The number of nitrogens with zero attached hydrogens (tertiary/aromatic N) is 1. The molecule has 0 unspecified atom stereocenters. The van der Waals surface area contributed by atoms with Crippen molar-refractivity contribution < 1.29 is 27.8 Å². The van der Waals surface area contributed by atoms with Crippen LogP contribution in [0.5, 0.6) is 5.75 Å². The molecule has 0 amide bonds. The van der Waals surface area contributed by atoms with E-state index in [4.69, 9.17) is 9.84 Å². The maximum absolute atomic E-state index is 12.8. The lowest BCUT2D eigenvalue weighted by molar-refractivity contribution is -0.142. The Morgan fingerprint density at radius 1 is 1.29 bits per heavy atom. The molecular weight excluding hydrogens is 323 g/mol. The molecule has 2 atom stereocenters. The molecule has 4 nitrogen and oxygen atoms in total. The standard InChI is InChI=1S/C17H22F3NO3/c1-12-10-21(11-13(12)16(22)23)8-4-5-9-24-15-7-3-2-6-14(15)17(18,19)20/h2-3,6-7,12-13H,4-5,8-11H2,1H3,(H,22,23)/t12-,13-/m1/s1. The molecule has 7 heteroatoms. The second-order valence-electron chi connectivity index (χ2n) is 6.23. The van der Waals surface area contributed by atoms with Crippen LogP contribution >= 0.6 is 0 Å². The van der Waals surface area contributed by atoms with Crippen molar-refractivity contribution in [3.8, 4) is 5.75 Å². The van der Waals surface area contributed by atoms with Gasteiger partial charge in [-0.05, 0) is 37.4 Å². The summed E-state index contributed by atoms with van der Waals surface area (Å²) >= 11 is 0. The second kappa shape index (κ2) is 7.88. The van der Waals surface area contributed by atoms with E-state index in [1.54, 1.807) is 0 Å². The van der Waals surface area contributed by atoms with Gasteiger partial charge in [0.05, 0.1) is 18.1 Å². The van der Waals surface area contributed by atoms with Gasteiger partial charge in [0.25, 0.3) is 0 Å². The van der Waals surface area contributed by atoms with Crippen LogP contribution in [-0.2, 0) is 11.0 Å². The third-order valence-electron chi connectivity index (χ3n) is 4.32. The first-order valence-electron chi connectivity index (χ1n) is 8.03. The molecule has 0 spiro atoms. The van der Waals surface area contributed by atoms with Crippen molar-refractivity contribution in [3.63, 3.8) is 0 Å². The van der Waals surface area contributed by atoms with E-state index in [0.717, 1.165) is 25.6 Å². The molecule has 1 N–H and O–H groups in total. The van der Waals surface area contributed by atoms with Crippen LogP contribution in [0.1, 0.15) is 25.3 Å². The highest BCUT2D eigenvalue weighted by atomic mass is 19.4. The van der Waals surface area contributed by atoms with Crippen molar-refractivity contribution in [1.82, 2.24) is 4.90 Å². The summed E-state index contributed by atoms with van der Waals surface area (Å²) in [5.41, 5.74) is -0.761. The fourth-order valence-corrected chi connectivity index (χ4v) is 3.02. The Hall–Kier alpha value is -1.76. The van der Waals surface area contributed by atoms with Crippen molar-refractivity contribution in [3.05, 3.63) is 29.8 Å². The lowest BCUT2D eigenvalue weighted by Crippen LogP contribution is -2.24. The topological polar surface area (TPSA) is 49.8 Å². The summed E-state index contributed by atoms with van der Waals surface area (Å²) in [4.78, 5) is 13.2. The molecule has 0 radical (unpaired) electrons. The van der Waals surface area contributed by atoms with Gasteiger partial charge in [-0.25, -0.2) is 0 Å². The summed E-state index contributed by atoms with van der Waals surface area (Å²) in [6.07, 6.45) is -3.05. The summed E-state index contributed by atoms with van der Waals surface area (Å²) in [5.74, 6) is -1.12. The van der Waals surface area contributed by atoms with E-state index in [2.05, 4.69) is 4.90 Å². The second-order valence-corrected chi connectivity index (χ2v) is 6.23. The fourth-order valence-electron chi connectivity index (χ4n) is 3.02. The van der Waals surface area contributed by atoms with Crippen molar-refractivity contribution in [2.24, 2.45) is 11.8 Å². The van der Waals surface area contributed by atoms with Gasteiger partial charge in [0, 0.05) is 13.1 Å². The Balaban J connectivity index is 1.72. The Morgan fingerprint density at radius 2 is 2.00 bits per heavy atom. The summed E-state index contributed by atoms with van der Waals surface area (Å²) < 4.78 is 43.8. The number of benzene rings is 1. The van der Waals surface area contributed by atoms with E-state index in [1.165, 1.54) is 18.2 Å². The minimum absolute atomic E-state index is 0.123. The number of carboxylic acid groups (broad SMARTS) is 1. The molecule has 1 aliphatic rings. The van der Waals surface area contributed by atoms with E-state index in [1.807, 2.05) is 6.92 Å². The van der Waals surface area contributed by atoms with Gasteiger partial charge in [0.2, 0.25) is 0 Å².